The van der Waals surface area contributed by atoms with E-state index < -0.39 is 0 Å². The first kappa shape index (κ1) is 43.6. The van der Waals surface area contributed by atoms with Gasteiger partial charge in [-0.1, -0.05) is 118 Å². The second-order valence-corrected chi connectivity index (χ2v) is 16.2. The van der Waals surface area contributed by atoms with E-state index in [9.17, 15) is 9.90 Å². The third-order valence-electron chi connectivity index (χ3n) is 11.3. The number of nitrogens with zero attached hydrogens (tertiary/aromatic N) is 1. The third-order valence-corrected chi connectivity index (χ3v) is 11.3. The molecule has 0 unspecified atom stereocenters. The number of carbonyl (C=O) groups is 1. The molecule has 4 nitrogen and oxygen atoms in total. The summed E-state index contributed by atoms with van der Waals surface area (Å²) in [6.45, 7) is 27.3. The van der Waals surface area contributed by atoms with Gasteiger partial charge in [-0.05, 0) is 73.8 Å². The molecule has 0 amide bonds. The van der Waals surface area contributed by atoms with Crippen LogP contribution in [0.25, 0.3) is 44.7 Å². The van der Waals surface area contributed by atoms with E-state index in [0.717, 1.165) is 70.4 Å². The van der Waals surface area contributed by atoms with Gasteiger partial charge in [0.25, 0.3) is 0 Å². The molecule has 0 bridgehead atoms. The zero-order valence-electron chi connectivity index (χ0n) is 34.3. The van der Waals surface area contributed by atoms with E-state index >= 15 is 0 Å². The predicted octanol–water partition coefficient (Wildman–Crippen LogP) is 13.8. The minimum atomic E-state index is -0.337. The van der Waals surface area contributed by atoms with Crippen LogP contribution in [-0.4, -0.2) is 15.9 Å². The molecule has 2 heterocycles. The van der Waals surface area contributed by atoms with Crippen LogP contribution in [0.3, 0.4) is 0 Å². The van der Waals surface area contributed by atoms with E-state index in [2.05, 4.69) is 115 Å². The molecule has 0 aliphatic rings. The van der Waals surface area contributed by atoms with Crippen molar-refractivity contribution in [2.24, 2.45) is 10.8 Å². The second kappa shape index (κ2) is 17.6. The Morgan fingerprint density at radius 2 is 1.36 bits per heavy atom. The number of fused-ring (bicyclic) bond motifs is 1. The first-order chi connectivity index (χ1) is 24.4. The van der Waals surface area contributed by atoms with Gasteiger partial charge in [-0.2, -0.15) is 0 Å². The first-order valence-corrected chi connectivity index (χ1v) is 19.0. The maximum atomic E-state index is 12.2. The molecule has 1 radical (unpaired) electrons. The Kier molecular flexibility index (Phi) is 14.5. The molecule has 53 heavy (non-hydrogen) atoms. The van der Waals surface area contributed by atoms with E-state index in [1.165, 1.54) is 33.9 Å². The topological polar surface area (TPSA) is 63.3 Å². The number of hydrogen-bond donors (Lipinski definition) is 1. The van der Waals surface area contributed by atoms with Crippen molar-refractivity contribution < 1.29 is 34.4 Å². The van der Waals surface area contributed by atoms with E-state index in [-0.39, 0.29) is 47.9 Å². The van der Waals surface area contributed by atoms with Gasteiger partial charge in [0.2, 0.25) is 0 Å². The van der Waals surface area contributed by atoms with Crippen molar-refractivity contribution in [1.82, 2.24) is 4.98 Å². The Labute approximate surface area is 332 Å². The van der Waals surface area contributed by atoms with Crippen LogP contribution in [-0.2, 0) is 30.3 Å². The molecule has 0 spiro atoms. The van der Waals surface area contributed by atoms with Gasteiger partial charge < -0.3 is 14.5 Å². The summed E-state index contributed by atoms with van der Waals surface area (Å²) in [5.74, 6) is 1.20. The number of aliphatic hydroxyl groups is 1. The molecule has 0 aliphatic heterocycles. The summed E-state index contributed by atoms with van der Waals surface area (Å²) in [6.07, 6.45) is 6.63. The maximum Gasteiger partial charge on any atom is 0.164 e. The van der Waals surface area contributed by atoms with E-state index in [1.54, 1.807) is 0 Å². The number of aryl methyl sites for hydroxylation is 4. The average Bonchev–Trinajstić information content (AvgIpc) is 3.46. The standard InChI is InChI=1S/C33H32NO.C15H28O2.Ir/c1-20-8-10-24(11-9-20)25-12-13-28(29(19-25)33(5,6)7)31-23(4)27-14-15-34-30(32(27)35-31)26-17-21(2)16-22(3)18-26;1-7-14(5,8-2)12(16)11-13(17)15(6,9-3)10-4;/h8-17,19H,1-7H3;11,16H,7-10H2,1-6H3;/q-1;;/b;12-11-;. The van der Waals surface area contributed by atoms with Crippen molar-refractivity contribution in [3.8, 4) is 33.7 Å². The number of aliphatic hydroxyl groups excluding tert-OH is 1. The number of allylic oxidation sites excluding steroid dienone is 2. The molecule has 5 heteroatoms. The molecule has 2 aromatic heterocycles. The van der Waals surface area contributed by atoms with E-state index in [1.807, 2.05) is 47.7 Å². The van der Waals surface area contributed by atoms with Crippen LogP contribution in [0.15, 0.2) is 83.1 Å². The zero-order chi connectivity index (χ0) is 38.6. The fourth-order valence-corrected chi connectivity index (χ4v) is 6.59. The van der Waals surface area contributed by atoms with Crippen LogP contribution in [0.5, 0.6) is 0 Å². The predicted molar refractivity (Wildman–Crippen MR) is 220 cm³/mol. The van der Waals surface area contributed by atoms with Crippen molar-refractivity contribution >= 4 is 16.8 Å². The molecule has 5 rings (SSSR count). The van der Waals surface area contributed by atoms with Gasteiger partial charge in [-0.15, -0.1) is 34.9 Å². The fourth-order valence-electron chi connectivity index (χ4n) is 6.59. The summed E-state index contributed by atoms with van der Waals surface area (Å²) in [5.41, 5.74) is 11.5. The number of rotatable bonds is 10. The average molecular weight is 891 g/mol. The summed E-state index contributed by atoms with van der Waals surface area (Å²) in [7, 11) is 0. The van der Waals surface area contributed by atoms with Crippen LogP contribution in [0.4, 0.5) is 0 Å². The van der Waals surface area contributed by atoms with Crippen molar-refractivity contribution in [2.45, 2.75) is 121 Å². The minimum absolute atomic E-state index is 0. The number of carbonyl (C=O) groups excluding carboxylic acids is 1. The number of ketones is 1. The smallest absolute Gasteiger partial charge is 0.164 e. The molecular formula is C48H60IrNO3-. The number of pyridine rings is 1. The summed E-state index contributed by atoms with van der Waals surface area (Å²) >= 11 is 0. The Hall–Kier alpha value is -3.79. The van der Waals surface area contributed by atoms with Crippen LogP contribution < -0.4 is 0 Å². The summed E-state index contributed by atoms with van der Waals surface area (Å²) < 4.78 is 6.66. The van der Waals surface area contributed by atoms with Gasteiger partial charge in [-0.3, -0.25) is 4.79 Å². The quantitative estimate of drug-likeness (QED) is 0.0862. The molecule has 0 saturated heterocycles. The van der Waals surface area contributed by atoms with Gasteiger partial charge in [-0.25, -0.2) is 0 Å². The molecular weight excluding hydrogens is 831 g/mol. The van der Waals surface area contributed by atoms with Crippen LogP contribution in [0.2, 0.25) is 0 Å². The Balaban J connectivity index is 0.000000359. The van der Waals surface area contributed by atoms with Crippen LogP contribution in [0, 0.1) is 44.6 Å². The molecule has 0 saturated carbocycles. The molecule has 0 atom stereocenters. The fraction of sp³-hybridized carbons (Fsp3) is 0.417. The molecule has 3 aromatic carbocycles. The maximum absolute atomic E-state index is 12.2. The third kappa shape index (κ3) is 9.66. The minimum Gasteiger partial charge on any atom is -0.512 e. The number of furan rings is 1. The van der Waals surface area contributed by atoms with E-state index in [0.29, 0.717) is 0 Å². The normalized spacial score (nSPS) is 12.3. The van der Waals surface area contributed by atoms with Crippen molar-refractivity contribution in [1.29, 1.82) is 0 Å². The first-order valence-electron chi connectivity index (χ1n) is 19.0. The number of hydrogen-bond acceptors (Lipinski definition) is 4. The zero-order valence-corrected chi connectivity index (χ0v) is 36.7. The SMILES string of the molecule is CCC(C)(CC)C(=O)/C=C(\O)C(C)(CC)CC.Cc1[c-]c(-c2nccc3c(C)c(-c4ccc(-c5ccc(C)cc5)cc4C(C)(C)C)oc23)cc(C)c1.[Ir]. The Morgan fingerprint density at radius 1 is 0.774 bits per heavy atom. The van der Waals surface area contributed by atoms with Gasteiger partial charge in [0.15, 0.2) is 5.78 Å². The van der Waals surface area contributed by atoms with Gasteiger partial charge in [0.1, 0.15) is 17.1 Å². The Bertz CT molecular complexity index is 2030. The van der Waals surface area contributed by atoms with Gasteiger partial charge in [0.05, 0.1) is 0 Å². The largest absolute Gasteiger partial charge is 0.512 e. The monoisotopic (exact) mass is 891 g/mol. The Morgan fingerprint density at radius 3 is 1.91 bits per heavy atom. The van der Waals surface area contributed by atoms with Crippen LogP contribution in [0.1, 0.15) is 116 Å². The summed E-state index contributed by atoms with van der Waals surface area (Å²) in [5, 5.41) is 11.2. The molecule has 1 N–H and O–H groups in total. The number of aromatic nitrogens is 1. The van der Waals surface area contributed by atoms with Crippen molar-refractivity contribution in [3.63, 3.8) is 0 Å². The van der Waals surface area contributed by atoms with E-state index in [4.69, 9.17) is 9.40 Å². The summed E-state index contributed by atoms with van der Waals surface area (Å²) in [6, 6.07) is 25.3. The molecule has 5 aromatic rings. The van der Waals surface area contributed by atoms with Crippen molar-refractivity contribution in [3.05, 3.63) is 113 Å². The molecule has 285 valence electrons. The van der Waals surface area contributed by atoms with Gasteiger partial charge >= 0.3 is 0 Å². The van der Waals surface area contributed by atoms with Crippen molar-refractivity contribution in [2.75, 3.05) is 0 Å². The number of benzene rings is 3. The van der Waals surface area contributed by atoms with Crippen LogP contribution >= 0.6 is 0 Å². The second-order valence-electron chi connectivity index (χ2n) is 16.2. The summed E-state index contributed by atoms with van der Waals surface area (Å²) in [4.78, 5) is 16.9. The van der Waals surface area contributed by atoms with Gasteiger partial charge in [0, 0.05) is 65.4 Å². The molecule has 0 fully saturated rings. The molecule has 0 aliphatic carbocycles.